The molecule has 0 radical (unpaired) electrons. The molecule has 2 N–H and O–H groups in total. The maximum Gasteiger partial charge on any atom is 0.407 e. The Morgan fingerprint density at radius 1 is 1.11 bits per heavy atom. The van der Waals surface area contributed by atoms with Crippen molar-refractivity contribution in [3.05, 3.63) is 28.8 Å². The molecule has 1 aromatic carbocycles. The molecule has 0 aromatic heterocycles. The van der Waals surface area contributed by atoms with Crippen LogP contribution in [0.3, 0.4) is 0 Å². The second-order valence-electron chi connectivity index (χ2n) is 10.2. The Balaban J connectivity index is 1.22. The molecule has 0 unspecified atom stereocenters. The van der Waals surface area contributed by atoms with E-state index in [4.69, 9.17) is 26.2 Å². The molecule has 3 fully saturated rings. The summed E-state index contributed by atoms with van der Waals surface area (Å²) in [4.78, 5) is 52.7. The van der Waals surface area contributed by atoms with Crippen LogP contribution in [0.5, 0.6) is 0 Å². The number of amides is 5. The average Bonchev–Trinajstić information content (AvgIpc) is 2.92. The Labute approximate surface area is 227 Å². The minimum absolute atomic E-state index is 0.110. The standard InChI is InChI=1S/C26H35ClN4O7/c1-37-26(8-13-30(14-9-26)25(35)36)17-38-15-7-18-4-10-29(11-5-18)23(33)19-2-3-20(27)21(16-19)31-12-6-22(32)28-24(31)34/h2-3,16,18H,4-15,17H2,1H3,(H,35,36)(H,28,32,34). The largest absolute Gasteiger partial charge is 0.465 e. The maximum atomic E-state index is 13.2. The second-order valence-corrected chi connectivity index (χ2v) is 10.6. The van der Waals surface area contributed by atoms with Gasteiger partial charge in [-0.1, -0.05) is 11.6 Å². The fourth-order valence-corrected chi connectivity index (χ4v) is 5.49. The summed E-state index contributed by atoms with van der Waals surface area (Å²) in [6.07, 6.45) is 3.13. The van der Waals surface area contributed by atoms with Crippen LogP contribution in [0.15, 0.2) is 18.2 Å². The molecule has 38 heavy (non-hydrogen) atoms. The zero-order valence-electron chi connectivity index (χ0n) is 21.6. The number of hydrogen-bond acceptors (Lipinski definition) is 6. The first-order chi connectivity index (χ1) is 18.2. The van der Waals surface area contributed by atoms with Crippen LogP contribution in [0.2, 0.25) is 5.02 Å². The molecular weight excluding hydrogens is 516 g/mol. The molecule has 0 spiro atoms. The van der Waals surface area contributed by atoms with Crippen LogP contribution < -0.4 is 10.2 Å². The number of methoxy groups -OCH3 is 1. The highest BCUT2D eigenvalue weighted by Crippen LogP contribution is 2.30. The molecule has 3 heterocycles. The molecule has 4 rings (SSSR count). The van der Waals surface area contributed by atoms with Gasteiger partial charge in [0.2, 0.25) is 5.91 Å². The molecule has 1 aromatic rings. The Bertz CT molecular complexity index is 1050. The van der Waals surface area contributed by atoms with Gasteiger partial charge in [-0.05, 0) is 56.2 Å². The minimum atomic E-state index is -0.899. The highest BCUT2D eigenvalue weighted by molar-refractivity contribution is 6.34. The van der Waals surface area contributed by atoms with E-state index in [2.05, 4.69) is 5.32 Å². The molecule has 3 aliphatic heterocycles. The number of nitrogens with zero attached hydrogens (tertiary/aromatic N) is 3. The highest BCUT2D eigenvalue weighted by Gasteiger charge is 2.36. The van der Waals surface area contributed by atoms with Crippen molar-refractivity contribution in [1.82, 2.24) is 15.1 Å². The first kappa shape index (κ1) is 28.1. The molecular formula is C26H35ClN4O7. The number of ether oxygens (including phenoxy) is 2. The van der Waals surface area contributed by atoms with E-state index in [1.165, 1.54) is 9.80 Å². The molecule has 0 saturated carbocycles. The number of piperidine rings is 2. The summed E-state index contributed by atoms with van der Waals surface area (Å²) >= 11 is 6.31. The third kappa shape index (κ3) is 6.57. The van der Waals surface area contributed by atoms with Gasteiger partial charge in [-0.2, -0.15) is 0 Å². The summed E-state index contributed by atoms with van der Waals surface area (Å²) in [6, 6.07) is 4.34. The quantitative estimate of drug-likeness (QED) is 0.475. The van der Waals surface area contributed by atoms with Crippen molar-refractivity contribution in [3.8, 4) is 0 Å². The number of benzene rings is 1. The van der Waals surface area contributed by atoms with Crippen LogP contribution in [0.4, 0.5) is 15.3 Å². The lowest BCUT2D eigenvalue weighted by atomic mass is 9.91. The van der Waals surface area contributed by atoms with Gasteiger partial charge in [0.25, 0.3) is 5.91 Å². The Kier molecular flexibility index (Phi) is 9.11. The number of hydrogen-bond donors (Lipinski definition) is 2. The van der Waals surface area contributed by atoms with Crippen LogP contribution in [-0.4, -0.2) is 97.5 Å². The first-order valence-electron chi connectivity index (χ1n) is 13.0. The Hall–Kier alpha value is -2.89. The van der Waals surface area contributed by atoms with Crippen molar-refractivity contribution in [2.24, 2.45) is 5.92 Å². The van der Waals surface area contributed by atoms with Crippen LogP contribution >= 0.6 is 11.6 Å². The van der Waals surface area contributed by atoms with E-state index < -0.39 is 17.7 Å². The molecule has 3 saturated heterocycles. The van der Waals surface area contributed by atoms with Crippen molar-refractivity contribution in [2.45, 2.75) is 44.1 Å². The normalized spacial score (nSPS) is 20.4. The van der Waals surface area contributed by atoms with Crippen LogP contribution in [0, 0.1) is 5.92 Å². The van der Waals surface area contributed by atoms with Crippen molar-refractivity contribution in [3.63, 3.8) is 0 Å². The lowest BCUT2D eigenvalue weighted by Crippen LogP contribution is -2.49. The summed E-state index contributed by atoms with van der Waals surface area (Å²) in [5.74, 6) is 0.00441. The van der Waals surface area contributed by atoms with Gasteiger partial charge in [-0.3, -0.25) is 19.8 Å². The number of halogens is 1. The number of rotatable bonds is 8. The van der Waals surface area contributed by atoms with E-state index >= 15 is 0 Å². The van der Waals surface area contributed by atoms with Gasteiger partial charge in [0, 0.05) is 58.4 Å². The fraction of sp³-hybridized carbons (Fsp3) is 0.615. The van der Waals surface area contributed by atoms with Gasteiger partial charge >= 0.3 is 12.1 Å². The van der Waals surface area contributed by atoms with E-state index in [0.717, 1.165) is 19.3 Å². The van der Waals surface area contributed by atoms with Crippen LogP contribution in [0.1, 0.15) is 48.9 Å². The lowest BCUT2D eigenvalue weighted by Gasteiger charge is -2.39. The van der Waals surface area contributed by atoms with E-state index in [1.807, 2.05) is 4.90 Å². The molecule has 0 aliphatic carbocycles. The SMILES string of the molecule is COC1(COCCC2CCN(C(=O)c3ccc(Cl)c(N4CCC(=O)NC4=O)c3)CC2)CCN(C(=O)O)CC1. The van der Waals surface area contributed by atoms with Crippen LogP contribution in [0.25, 0.3) is 0 Å². The number of nitrogens with one attached hydrogen (secondary N) is 1. The smallest absolute Gasteiger partial charge is 0.407 e. The summed E-state index contributed by atoms with van der Waals surface area (Å²) in [5, 5.41) is 11.8. The number of carbonyl (C=O) groups excluding carboxylic acids is 3. The summed E-state index contributed by atoms with van der Waals surface area (Å²) < 4.78 is 11.7. The maximum absolute atomic E-state index is 13.2. The summed E-state index contributed by atoms with van der Waals surface area (Å²) in [6.45, 7) is 3.39. The first-order valence-corrected chi connectivity index (χ1v) is 13.4. The zero-order valence-corrected chi connectivity index (χ0v) is 22.4. The number of carbonyl (C=O) groups is 4. The minimum Gasteiger partial charge on any atom is -0.465 e. The van der Waals surface area contributed by atoms with E-state index in [-0.39, 0.29) is 24.8 Å². The zero-order chi connectivity index (χ0) is 27.3. The van der Waals surface area contributed by atoms with E-state index in [9.17, 15) is 19.2 Å². The third-order valence-electron chi connectivity index (χ3n) is 7.85. The molecule has 11 nitrogen and oxygen atoms in total. The molecule has 0 bridgehead atoms. The molecule has 0 atom stereocenters. The molecule has 12 heteroatoms. The summed E-state index contributed by atoms with van der Waals surface area (Å²) in [5.41, 5.74) is 0.426. The van der Waals surface area contributed by atoms with Gasteiger partial charge in [0.05, 0.1) is 22.9 Å². The van der Waals surface area contributed by atoms with Crippen LogP contribution in [-0.2, 0) is 14.3 Å². The number of likely N-dealkylation sites (tertiary alicyclic amines) is 2. The fourth-order valence-electron chi connectivity index (χ4n) is 5.27. The molecule has 3 aliphatic rings. The topological polar surface area (TPSA) is 129 Å². The Morgan fingerprint density at radius 2 is 1.82 bits per heavy atom. The number of anilines is 1. The number of urea groups is 1. The van der Waals surface area contributed by atoms with Crippen molar-refractivity contribution in [2.75, 3.05) is 57.9 Å². The predicted molar refractivity (Wildman–Crippen MR) is 140 cm³/mol. The van der Waals surface area contributed by atoms with Crippen molar-refractivity contribution in [1.29, 1.82) is 0 Å². The van der Waals surface area contributed by atoms with Crippen molar-refractivity contribution < 1.29 is 33.8 Å². The van der Waals surface area contributed by atoms with Gasteiger partial charge < -0.3 is 24.4 Å². The van der Waals surface area contributed by atoms with Crippen molar-refractivity contribution >= 4 is 41.2 Å². The van der Waals surface area contributed by atoms with Gasteiger partial charge in [-0.15, -0.1) is 0 Å². The number of carboxylic acid groups (broad SMARTS) is 1. The van der Waals surface area contributed by atoms with Gasteiger partial charge in [0.15, 0.2) is 0 Å². The molecule has 208 valence electrons. The number of imide groups is 1. The average molecular weight is 551 g/mol. The van der Waals surface area contributed by atoms with Gasteiger partial charge in [0.1, 0.15) is 0 Å². The van der Waals surface area contributed by atoms with Gasteiger partial charge in [-0.25, -0.2) is 9.59 Å². The lowest BCUT2D eigenvalue weighted by molar-refractivity contribution is -0.120. The van der Waals surface area contributed by atoms with E-state index in [0.29, 0.717) is 74.4 Å². The van der Waals surface area contributed by atoms with E-state index in [1.54, 1.807) is 25.3 Å². The highest BCUT2D eigenvalue weighted by atomic mass is 35.5. The third-order valence-corrected chi connectivity index (χ3v) is 8.17. The monoisotopic (exact) mass is 550 g/mol. The predicted octanol–water partition coefficient (Wildman–Crippen LogP) is 3.20. The Morgan fingerprint density at radius 3 is 2.45 bits per heavy atom. The molecule has 5 amide bonds. The second kappa shape index (κ2) is 12.3. The summed E-state index contributed by atoms with van der Waals surface area (Å²) in [7, 11) is 1.65.